The second-order valence-electron chi connectivity index (χ2n) is 4.59. The Morgan fingerprint density at radius 3 is 2.43 bits per heavy atom. The molecule has 0 fully saturated rings. The first-order valence-corrected chi connectivity index (χ1v) is 7.29. The van der Waals surface area contributed by atoms with Crippen LogP contribution in [0.5, 0.6) is 11.5 Å². The van der Waals surface area contributed by atoms with Gasteiger partial charge >= 0.3 is 5.51 Å². The van der Waals surface area contributed by atoms with Crippen molar-refractivity contribution >= 4 is 23.4 Å². The number of carbonyl (C=O) groups is 1. The average molecular weight is 341 g/mol. The van der Waals surface area contributed by atoms with Crippen molar-refractivity contribution in [2.24, 2.45) is 0 Å². The number of benzene rings is 2. The number of halogens is 3. The minimum Gasteiger partial charge on any atom is -0.454 e. The summed E-state index contributed by atoms with van der Waals surface area (Å²) < 4.78 is 47.1. The van der Waals surface area contributed by atoms with Crippen molar-refractivity contribution in [2.45, 2.75) is 10.4 Å². The zero-order valence-corrected chi connectivity index (χ0v) is 12.3. The third-order valence-electron chi connectivity index (χ3n) is 2.98. The maximum Gasteiger partial charge on any atom is 0.446 e. The van der Waals surface area contributed by atoms with E-state index in [9.17, 15) is 18.0 Å². The van der Waals surface area contributed by atoms with Crippen molar-refractivity contribution in [3.8, 4) is 11.5 Å². The molecule has 2 aromatic rings. The quantitative estimate of drug-likeness (QED) is 0.847. The molecule has 120 valence electrons. The Balaban J connectivity index is 1.68. The Morgan fingerprint density at radius 2 is 1.74 bits per heavy atom. The highest BCUT2D eigenvalue weighted by molar-refractivity contribution is 8.00. The molecule has 0 aromatic heterocycles. The normalized spacial score (nSPS) is 13.0. The van der Waals surface area contributed by atoms with Crippen LogP contribution in [0.25, 0.3) is 0 Å². The summed E-state index contributed by atoms with van der Waals surface area (Å²) in [5, 5.41) is 2.65. The summed E-state index contributed by atoms with van der Waals surface area (Å²) >= 11 is -0.224. The third-order valence-corrected chi connectivity index (χ3v) is 3.72. The van der Waals surface area contributed by atoms with E-state index < -0.39 is 11.4 Å². The van der Waals surface area contributed by atoms with Gasteiger partial charge in [-0.15, -0.1) is 0 Å². The summed E-state index contributed by atoms with van der Waals surface area (Å²) in [5.74, 6) is 0.698. The molecule has 0 saturated carbocycles. The van der Waals surface area contributed by atoms with Crippen LogP contribution in [-0.2, 0) is 0 Å². The lowest BCUT2D eigenvalue weighted by Crippen LogP contribution is -2.11. The standard InChI is InChI=1S/C15H10F3NO3S/c16-15(17,18)23-11-4-1-9(2-5-11)14(20)19-10-3-6-12-13(7-10)22-8-21-12/h1-7H,8H2,(H,19,20). The van der Waals surface area contributed by atoms with Crippen LogP contribution in [-0.4, -0.2) is 18.2 Å². The van der Waals surface area contributed by atoms with Gasteiger partial charge in [-0.2, -0.15) is 13.2 Å². The zero-order valence-electron chi connectivity index (χ0n) is 11.5. The molecule has 3 rings (SSSR count). The number of fused-ring (bicyclic) bond motifs is 1. The maximum absolute atomic E-state index is 12.3. The molecule has 0 atom stereocenters. The summed E-state index contributed by atoms with van der Waals surface area (Å²) in [7, 11) is 0. The molecule has 23 heavy (non-hydrogen) atoms. The molecule has 0 saturated heterocycles. The summed E-state index contributed by atoms with van der Waals surface area (Å²) in [6.45, 7) is 0.130. The molecule has 1 aliphatic rings. The minimum atomic E-state index is -4.35. The van der Waals surface area contributed by atoms with Crippen molar-refractivity contribution in [3.05, 3.63) is 48.0 Å². The Hall–Kier alpha value is -2.35. The van der Waals surface area contributed by atoms with Crippen molar-refractivity contribution < 1.29 is 27.4 Å². The summed E-state index contributed by atoms with van der Waals surface area (Å²) in [4.78, 5) is 12.1. The van der Waals surface area contributed by atoms with Crippen LogP contribution in [0.15, 0.2) is 47.4 Å². The van der Waals surface area contributed by atoms with E-state index >= 15 is 0 Å². The smallest absolute Gasteiger partial charge is 0.446 e. The molecule has 1 N–H and O–H groups in total. The fraction of sp³-hybridized carbons (Fsp3) is 0.133. The van der Waals surface area contributed by atoms with Gasteiger partial charge in [0, 0.05) is 22.2 Å². The van der Waals surface area contributed by atoms with E-state index in [0.29, 0.717) is 17.2 Å². The highest BCUT2D eigenvalue weighted by Gasteiger charge is 2.29. The Labute approximate surface area is 133 Å². The number of hydrogen-bond acceptors (Lipinski definition) is 4. The predicted octanol–water partition coefficient (Wildman–Crippen LogP) is 4.28. The Bertz CT molecular complexity index is 732. The molecule has 0 aliphatic carbocycles. The van der Waals surface area contributed by atoms with Crippen LogP contribution >= 0.6 is 11.8 Å². The van der Waals surface area contributed by atoms with Gasteiger partial charge in [-0.25, -0.2) is 0 Å². The summed E-state index contributed by atoms with van der Waals surface area (Å²) in [5.41, 5.74) is -3.59. The fourth-order valence-electron chi connectivity index (χ4n) is 1.99. The molecular weight excluding hydrogens is 331 g/mol. The SMILES string of the molecule is O=C(Nc1ccc2c(c1)OCO2)c1ccc(SC(F)(F)F)cc1. The fourth-order valence-corrected chi connectivity index (χ4v) is 2.52. The summed E-state index contributed by atoms with van der Waals surface area (Å²) in [6.07, 6.45) is 0. The number of thioether (sulfide) groups is 1. The first-order chi connectivity index (χ1) is 10.9. The van der Waals surface area contributed by atoms with Gasteiger partial charge in [-0.1, -0.05) is 0 Å². The summed E-state index contributed by atoms with van der Waals surface area (Å²) in [6, 6.07) is 10.1. The van der Waals surface area contributed by atoms with E-state index in [1.165, 1.54) is 24.3 Å². The molecule has 8 heteroatoms. The molecule has 0 bridgehead atoms. The lowest BCUT2D eigenvalue weighted by Gasteiger charge is -2.08. The Morgan fingerprint density at radius 1 is 1.04 bits per heavy atom. The van der Waals surface area contributed by atoms with Gasteiger partial charge in [0.2, 0.25) is 6.79 Å². The van der Waals surface area contributed by atoms with Gasteiger partial charge in [0.05, 0.1) is 0 Å². The van der Waals surface area contributed by atoms with Crippen LogP contribution in [0.2, 0.25) is 0 Å². The minimum absolute atomic E-state index is 0.0251. The zero-order chi connectivity index (χ0) is 16.4. The second-order valence-corrected chi connectivity index (χ2v) is 5.73. The van der Waals surface area contributed by atoms with Crippen LogP contribution in [0.1, 0.15) is 10.4 Å². The van der Waals surface area contributed by atoms with E-state index in [-0.39, 0.29) is 29.0 Å². The van der Waals surface area contributed by atoms with Crippen LogP contribution in [0, 0.1) is 0 Å². The molecular formula is C15H10F3NO3S. The molecule has 4 nitrogen and oxygen atoms in total. The van der Waals surface area contributed by atoms with Crippen LogP contribution in [0.3, 0.4) is 0 Å². The van der Waals surface area contributed by atoms with Gasteiger partial charge in [0.1, 0.15) is 0 Å². The van der Waals surface area contributed by atoms with E-state index in [2.05, 4.69) is 5.32 Å². The number of amides is 1. The molecule has 0 spiro atoms. The van der Waals surface area contributed by atoms with E-state index in [0.717, 1.165) is 0 Å². The van der Waals surface area contributed by atoms with Crippen molar-refractivity contribution in [2.75, 3.05) is 12.1 Å². The first-order valence-electron chi connectivity index (χ1n) is 6.47. The van der Waals surface area contributed by atoms with E-state index in [1.54, 1.807) is 18.2 Å². The topological polar surface area (TPSA) is 47.6 Å². The van der Waals surface area contributed by atoms with Crippen molar-refractivity contribution in [3.63, 3.8) is 0 Å². The van der Waals surface area contributed by atoms with Crippen LogP contribution < -0.4 is 14.8 Å². The van der Waals surface area contributed by atoms with Crippen molar-refractivity contribution in [1.29, 1.82) is 0 Å². The molecule has 2 aromatic carbocycles. The number of nitrogens with one attached hydrogen (secondary N) is 1. The maximum atomic E-state index is 12.3. The molecule has 0 unspecified atom stereocenters. The average Bonchev–Trinajstić information content (AvgIpc) is 2.94. The van der Waals surface area contributed by atoms with Gasteiger partial charge in [-0.3, -0.25) is 4.79 Å². The molecule has 0 radical (unpaired) electrons. The molecule has 1 aliphatic heterocycles. The number of hydrogen-bond donors (Lipinski definition) is 1. The van der Waals surface area contributed by atoms with E-state index in [4.69, 9.17) is 9.47 Å². The number of rotatable bonds is 3. The van der Waals surface area contributed by atoms with Crippen molar-refractivity contribution in [1.82, 2.24) is 0 Å². The number of carbonyl (C=O) groups excluding carboxylic acids is 1. The lowest BCUT2D eigenvalue weighted by molar-refractivity contribution is -0.0328. The molecule has 1 amide bonds. The molecule has 1 heterocycles. The highest BCUT2D eigenvalue weighted by Crippen LogP contribution is 2.37. The van der Waals surface area contributed by atoms with Gasteiger partial charge in [0.25, 0.3) is 5.91 Å². The van der Waals surface area contributed by atoms with Crippen LogP contribution in [0.4, 0.5) is 18.9 Å². The second kappa shape index (κ2) is 6.04. The Kier molecular flexibility index (Phi) is 4.08. The number of ether oxygens (including phenoxy) is 2. The first kappa shape index (κ1) is 15.5. The van der Waals surface area contributed by atoms with Gasteiger partial charge < -0.3 is 14.8 Å². The monoisotopic (exact) mass is 341 g/mol. The van der Waals surface area contributed by atoms with E-state index in [1.807, 2.05) is 0 Å². The van der Waals surface area contributed by atoms with Gasteiger partial charge in [-0.05, 0) is 48.2 Å². The largest absolute Gasteiger partial charge is 0.454 e. The highest BCUT2D eigenvalue weighted by atomic mass is 32.2. The third kappa shape index (κ3) is 3.89. The lowest BCUT2D eigenvalue weighted by atomic mass is 10.2. The number of anilines is 1. The predicted molar refractivity (Wildman–Crippen MR) is 78.9 cm³/mol. The number of alkyl halides is 3. The van der Waals surface area contributed by atoms with Gasteiger partial charge in [0.15, 0.2) is 11.5 Å².